The first-order valence-corrected chi connectivity index (χ1v) is 8.58. The fourth-order valence-electron chi connectivity index (χ4n) is 3.62. The average Bonchev–Trinajstić information content (AvgIpc) is 3.14. The number of hydrogen-bond acceptors (Lipinski definition) is 3. The molecule has 0 bridgehead atoms. The third kappa shape index (κ3) is 3.20. The minimum atomic E-state index is 0.413. The molecule has 2 aromatic rings. The number of ether oxygens (including phenoxy) is 2. The van der Waals surface area contributed by atoms with Gasteiger partial charge < -0.3 is 9.47 Å². The van der Waals surface area contributed by atoms with E-state index < -0.39 is 0 Å². The van der Waals surface area contributed by atoms with Crippen molar-refractivity contribution in [2.45, 2.75) is 25.3 Å². The SMILES string of the molecule is c1ccc(CC(c2ccc3c(c2)OCCO3)N2CCCC2)cc1. The van der Waals surface area contributed by atoms with Crippen molar-refractivity contribution < 1.29 is 9.47 Å². The minimum Gasteiger partial charge on any atom is -0.486 e. The Kier molecular flexibility index (Phi) is 4.20. The fraction of sp³-hybridized carbons (Fsp3) is 0.400. The first-order valence-electron chi connectivity index (χ1n) is 8.58. The van der Waals surface area contributed by atoms with Crippen LogP contribution in [-0.2, 0) is 6.42 Å². The lowest BCUT2D eigenvalue weighted by Gasteiger charge is -2.29. The molecular formula is C20H23NO2. The van der Waals surface area contributed by atoms with Gasteiger partial charge in [0.05, 0.1) is 0 Å². The van der Waals surface area contributed by atoms with Gasteiger partial charge in [-0.1, -0.05) is 36.4 Å². The van der Waals surface area contributed by atoms with Crippen molar-refractivity contribution in [3.8, 4) is 11.5 Å². The summed E-state index contributed by atoms with van der Waals surface area (Å²) < 4.78 is 11.4. The fourth-order valence-corrected chi connectivity index (χ4v) is 3.62. The Labute approximate surface area is 137 Å². The van der Waals surface area contributed by atoms with E-state index >= 15 is 0 Å². The molecule has 0 spiro atoms. The molecule has 4 rings (SSSR count). The van der Waals surface area contributed by atoms with Crippen molar-refractivity contribution in [1.82, 2.24) is 4.90 Å². The standard InChI is InChI=1S/C20H23NO2/c1-2-6-16(7-3-1)14-18(21-10-4-5-11-21)17-8-9-19-20(15-17)23-13-12-22-19/h1-3,6-9,15,18H,4-5,10-14H2. The van der Waals surface area contributed by atoms with Crippen LogP contribution in [0.5, 0.6) is 11.5 Å². The molecule has 0 amide bonds. The van der Waals surface area contributed by atoms with Gasteiger partial charge in [0.25, 0.3) is 0 Å². The van der Waals surface area contributed by atoms with Crippen LogP contribution in [0.1, 0.15) is 30.0 Å². The molecule has 1 saturated heterocycles. The second-order valence-electron chi connectivity index (χ2n) is 6.35. The highest BCUT2D eigenvalue weighted by atomic mass is 16.6. The average molecular weight is 309 g/mol. The summed E-state index contributed by atoms with van der Waals surface area (Å²) in [5.74, 6) is 1.77. The van der Waals surface area contributed by atoms with Gasteiger partial charge in [-0.05, 0) is 55.6 Å². The maximum absolute atomic E-state index is 5.78. The van der Waals surface area contributed by atoms with Crippen LogP contribution < -0.4 is 9.47 Å². The Bertz CT molecular complexity index is 650. The predicted molar refractivity (Wildman–Crippen MR) is 91.1 cm³/mol. The molecule has 0 aromatic heterocycles. The van der Waals surface area contributed by atoms with Crippen LogP contribution in [0.4, 0.5) is 0 Å². The van der Waals surface area contributed by atoms with Gasteiger partial charge in [-0.25, -0.2) is 0 Å². The van der Waals surface area contributed by atoms with Crippen molar-refractivity contribution in [2.24, 2.45) is 0 Å². The van der Waals surface area contributed by atoms with E-state index in [0.29, 0.717) is 19.3 Å². The Balaban J connectivity index is 1.64. The zero-order valence-corrected chi connectivity index (χ0v) is 13.4. The summed E-state index contributed by atoms with van der Waals surface area (Å²) in [5, 5.41) is 0. The maximum Gasteiger partial charge on any atom is 0.161 e. The maximum atomic E-state index is 5.78. The van der Waals surface area contributed by atoms with Crippen LogP contribution in [-0.4, -0.2) is 31.2 Å². The second-order valence-corrected chi connectivity index (χ2v) is 6.35. The molecule has 3 nitrogen and oxygen atoms in total. The van der Waals surface area contributed by atoms with Crippen molar-refractivity contribution in [1.29, 1.82) is 0 Å². The molecule has 0 saturated carbocycles. The zero-order chi connectivity index (χ0) is 15.5. The Morgan fingerprint density at radius 3 is 2.39 bits per heavy atom. The first kappa shape index (κ1) is 14.6. The molecule has 1 unspecified atom stereocenters. The lowest BCUT2D eigenvalue weighted by atomic mass is 9.97. The van der Waals surface area contributed by atoms with Crippen LogP contribution in [0.15, 0.2) is 48.5 Å². The number of fused-ring (bicyclic) bond motifs is 1. The van der Waals surface area contributed by atoms with E-state index in [-0.39, 0.29) is 0 Å². The molecule has 2 aliphatic rings. The van der Waals surface area contributed by atoms with E-state index in [1.54, 1.807) is 0 Å². The predicted octanol–water partition coefficient (Wildman–Crippen LogP) is 3.84. The summed E-state index contributed by atoms with van der Waals surface area (Å²) in [4.78, 5) is 2.61. The van der Waals surface area contributed by atoms with Crippen molar-refractivity contribution in [3.05, 3.63) is 59.7 Å². The van der Waals surface area contributed by atoms with Gasteiger partial charge in [0.1, 0.15) is 13.2 Å². The molecule has 1 atom stereocenters. The van der Waals surface area contributed by atoms with Gasteiger partial charge in [0, 0.05) is 6.04 Å². The molecule has 0 radical (unpaired) electrons. The van der Waals surface area contributed by atoms with E-state index in [0.717, 1.165) is 17.9 Å². The van der Waals surface area contributed by atoms with Gasteiger partial charge >= 0.3 is 0 Å². The van der Waals surface area contributed by atoms with Crippen molar-refractivity contribution in [3.63, 3.8) is 0 Å². The van der Waals surface area contributed by atoms with E-state index in [1.807, 2.05) is 0 Å². The largest absolute Gasteiger partial charge is 0.486 e. The zero-order valence-electron chi connectivity index (χ0n) is 13.4. The number of nitrogens with zero attached hydrogens (tertiary/aromatic N) is 1. The summed E-state index contributed by atoms with van der Waals surface area (Å²) >= 11 is 0. The van der Waals surface area contributed by atoms with Gasteiger partial charge in [-0.2, -0.15) is 0 Å². The summed E-state index contributed by atoms with van der Waals surface area (Å²) in [6.07, 6.45) is 3.65. The van der Waals surface area contributed by atoms with Crippen LogP contribution in [0.3, 0.4) is 0 Å². The molecule has 2 aliphatic heterocycles. The smallest absolute Gasteiger partial charge is 0.161 e. The quantitative estimate of drug-likeness (QED) is 0.856. The van der Waals surface area contributed by atoms with Crippen LogP contribution in [0.2, 0.25) is 0 Å². The molecular weight excluding hydrogens is 286 g/mol. The van der Waals surface area contributed by atoms with E-state index in [2.05, 4.69) is 53.4 Å². The van der Waals surface area contributed by atoms with Crippen molar-refractivity contribution >= 4 is 0 Å². The third-order valence-electron chi connectivity index (χ3n) is 4.80. The van der Waals surface area contributed by atoms with Crippen LogP contribution in [0, 0.1) is 0 Å². The molecule has 120 valence electrons. The highest BCUT2D eigenvalue weighted by molar-refractivity contribution is 5.45. The molecule has 2 aromatic carbocycles. The number of hydrogen-bond donors (Lipinski definition) is 0. The summed E-state index contributed by atoms with van der Waals surface area (Å²) in [7, 11) is 0. The number of rotatable bonds is 4. The monoisotopic (exact) mass is 309 g/mol. The second kappa shape index (κ2) is 6.63. The Morgan fingerprint density at radius 1 is 0.870 bits per heavy atom. The topological polar surface area (TPSA) is 21.7 Å². The third-order valence-corrected chi connectivity index (χ3v) is 4.80. The number of likely N-dealkylation sites (tertiary alicyclic amines) is 1. The molecule has 2 heterocycles. The van der Waals surface area contributed by atoms with Gasteiger partial charge in [-0.3, -0.25) is 4.90 Å². The van der Waals surface area contributed by atoms with Crippen LogP contribution in [0.25, 0.3) is 0 Å². The normalized spacial score (nSPS) is 18.8. The molecule has 3 heteroatoms. The van der Waals surface area contributed by atoms with E-state index in [4.69, 9.17) is 9.47 Å². The Morgan fingerprint density at radius 2 is 1.61 bits per heavy atom. The minimum absolute atomic E-state index is 0.413. The lowest BCUT2D eigenvalue weighted by molar-refractivity contribution is 0.170. The highest BCUT2D eigenvalue weighted by Gasteiger charge is 2.25. The van der Waals surface area contributed by atoms with Gasteiger partial charge in [-0.15, -0.1) is 0 Å². The van der Waals surface area contributed by atoms with E-state index in [9.17, 15) is 0 Å². The molecule has 0 N–H and O–H groups in total. The first-order chi connectivity index (χ1) is 11.4. The highest BCUT2D eigenvalue weighted by Crippen LogP contribution is 2.36. The lowest BCUT2D eigenvalue weighted by Crippen LogP contribution is -2.27. The number of benzene rings is 2. The van der Waals surface area contributed by atoms with E-state index in [1.165, 1.54) is 37.1 Å². The molecule has 0 aliphatic carbocycles. The molecule has 1 fully saturated rings. The van der Waals surface area contributed by atoms with Crippen molar-refractivity contribution in [2.75, 3.05) is 26.3 Å². The summed E-state index contributed by atoms with van der Waals surface area (Å²) in [5.41, 5.74) is 2.72. The summed E-state index contributed by atoms with van der Waals surface area (Å²) in [6.45, 7) is 3.66. The van der Waals surface area contributed by atoms with Gasteiger partial charge in [0.2, 0.25) is 0 Å². The Hall–Kier alpha value is -2.00. The van der Waals surface area contributed by atoms with Crippen LogP contribution >= 0.6 is 0 Å². The summed E-state index contributed by atoms with van der Waals surface area (Å²) in [6, 6.07) is 17.6. The van der Waals surface area contributed by atoms with Gasteiger partial charge in [0.15, 0.2) is 11.5 Å². The molecule has 23 heavy (non-hydrogen) atoms.